The molecule has 1 aliphatic carbocycles. The zero-order valence-electron chi connectivity index (χ0n) is 10.1. The van der Waals surface area contributed by atoms with Crippen LogP contribution in [0, 0.1) is 5.92 Å². The summed E-state index contributed by atoms with van der Waals surface area (Å²) >= 11 is 8.24. The van der Waals surface area contributed by atoms with Gasteiger partial charge in [-0.3, -0.25) is 4.79 Å². The third-order valence-corrected chi connectivity index (χ3v) is 5.33. The normalized spacial score (nSPS) is 30.2. The van der Waals surface area contributed by atoms with Gasteiger partial charge in [-0.25, -0.2) is 0 Å². The van der Waals surface area contributed by atoms with Gasteiger partial charge < -0.3 is 5.32 Å². The number of halogens is 1. The van der Waals surface area contributed by atoms with E-state index in [0.29, 0.717) is 0 Å². The molecule has 1 aromatic rings. The molecule has 1 saturated heterocycles. The summed E-state index contributed by atoms with van der Waals surface area (Å²) in [4.78, 5) is 12.2. The van der Waals surface area contributed by atoms with Crippen molar-refractivity contribution in [1.29, 1.82) is 0 Å². The maximum Gasteiger partial charge on any atom is 0.224 e. The Bertz CT molecular complexity index is 459. The molecule has 1 fully saturated rings. The third-order valence-electron chi connectivity index (χ3n) is 3.76. The summed E-state index contributed by atoms with van der Waals surface area (Å²) in [6.45, 7) is 0. The summed E-state index contributed by atoms with van der Waals surface area (Å²) in [6.07, 6.45) is 1.85. The molecule has 0 aromatic heterocycles. The fraction of sp³-hybridized carbons (Fsp3) is 0.500. The van der Waals surface area contributed by atoms with Crippen LogP contribution in [0.3, 0.4) is 0 Å². The van der Waals surface area contributed by atoms with Crippen LogP contribution in [-0.4, -0.2) is 22.8 Å². The molecule has 4 heteroatoms. The van der Waals surface area contributed by atoms with Crippen molar-refractivity contribution in [2.24, 2.45) is 5.92 Å². The number of alkyl halides is 1. The first kappa shape index (κ1) is 12.4. The highest BCUT2D eigenvalue weighted by Crippen LogP contribution is 2.35. The monoisotopic (exact) mass is 281 g/mol. The molecule has 3 atom stereocenters. The van der Waals surface area contributed by atoms with Crippen LogP contribution >= 0.6 is 23.4 Å². The molecule has 1 amide bonds. The molecule has 0 bridgehead atoms. The second kappa shape index (κ2) is 5.14. The maximum atomic E-state index is 12.2. The Hall–Kier alpha value is -0.670. The van der Waals surface area contributed by atoms with E-state index in [9.17, 15) is 4.79 Å². The van der Waals surface area contributed by atoms with E-state index in [4.69, 9.17) is 11.6 Å². The number of hydrogen-bond acceptors (Lipinski definition) is 2. The smallest absolute Gasteiger partial charge is 0.224 e. The van der Waals surface area contributed by atoms with Gasteiger partial charge in [0.05, 0.1) is 11.4 Å². The first-order valence-electron chi connectivity index (χ1n) is 6.35. The van der Waals surface area contributed by atoms with Crippen LogP contribution < -0.4 is 5.32 Å². The van der Waals surface area contributed by atoms with Gasteiger partial charge in [0.1, 0.15) is 0 Å². The average Bonchev–Trinajstić information content (AvgIpc) is 2.98. The van der Waals surface area contributed by atoms with E-state index in [1.165, 1.54) is 11.1 Å². The number of benzene rings is 1. The molecular weight excluding hydrogens is 266 g/mol. The molecule has 0 spiro atoms. The van der Waals surface area contributed by atoms with Crippen LogP contribution in [0.4, 0.5) is 0 Å². The summed E-state index contributed by atoms with van der Waals surface area (Å²) in [5, 5.41) is 3.13. The molecule has 2 aliphatic rings. The van der Waals surface area contributed by atoms with Crippen molar-refractivity contribution < 1.29 is 4.79 Å². The molecule has 18 heavy (non-hydrogen) atoms. The molecule has 0 saturated carbocycles. The Morgan fingerprint density at radius 1 is 1.39 bits per heavy atom. The SMILES string of the molecule is O=C(NC1c2ccccc2CC1Cl)C1CCSC1. The Morgan fingerprint density at radius 2 is 2.22 bits per heavy atom. The van der Waals surface area contributed by atoms with Crippen LogP contribution in [0.1, 0.15) is 23.6 Å². The molecule has 3 rings (SSSR count). The van der Waals surface area contributed by atoms with Crippen molar-refractivity contribution in [2.75, 3.05) is 11.5 Å². The lowest BCUT2D eigenvalue weighted by atomic mass is 10.1. The average molecular weight is 282 g/mol. The minimum absolute atomic E-state index is 0.0130. The number of carbonyl (C=O) groups excluding carboxylic acids is 1. The zero-order chi connectivity index (χ0) is 12.5. The predicted molar refractivity (Wildman–Crippen MR) is 76.1 cm³/mol. The van der Waals surface area contributed by atoms with Crippen molar-refractivity contribution >= 4 is 29.3 Å². The topological polar surface area (TPSA) is 29.1 Å². The number of thioether (sulfide) groups is 1. The summed E-state index contributed by atoms with van der Waals surface area (Å²) in [5.74, 6) is 2.40. The second-order valence-electron chi connectivity index (χ2n) is 4.97. The van der Waals surface area contributed by atoms with Crippen molar-refractivity contribution in [2.45, 2.75) is 24.3 Å². The Morgan fingerprint density at radius 3 is 3.00 bits per heavy atom. The van der Waals surface area contributed by atoms with Crippen LogP contribution in [0.25, 0.3) is 0 Å². The van der Waals surface area contributed by atoms with Crippen molar-refractivity contribution in [1.82, 2.24) is 5.32 Å². The standard InChI is InChI=1S/C14H16ClNOS/c15-12-7-9-3-1-2-4-11(9)13(12)16-14(17)10-5-6-18-8-10/h1-4,10,12-13H,5-8H2,(H,16,17). The molecule has 1 N–H and O–H groups in total. The lowest BCUT2D eigenvalue weighted by Gasteiger charge is -2.19. The first-order chi connectivity index (χ1) is 8.75. The Kier molecular flexibility index (Phi) is 3.53. The fourth-order valence-electron chi connectivity index (χ4n) is 2.73. The molecule has 96 valence electrons. The number of rotatable bonds is 2. The highest BCUT2D eigenvalue weighted by atomic mass is 35.5. The van der Waals surface area contributed by atoms with Gasteiger partial charge in [-0.2, -0.15) is 11.8 Å². The van der Waals surface area contributed by atoms with E-state index in [2.05, 4.69) is 17.4 Å². The van der Waals surface area contributed by atoms with Gasteiger partial charge in [0.2, 0.25) is 5.91 Å². The molecule has 1 aromatic carbocycles. The number of carbonyl (C=O) groups is 1. The minimum atomic E-state index is -0.0135. The highest BCUT2D eigenvalue weighted by Gasteiger charge is 2.34. The van der Waals surface area contributed by atoms with Gasteiger partial charge in [0, 0.05) is 11.7 Å². The third kappa shape index (κ3) is 2.26. The molecule has 3 unspecified atom stereocenters. The van der Waals surface area contributed by atoms with Gasteiger partial charge in [-0.05, 0) is 29.7 Å². The molecule has 1 aliphatic heterocycles. The highest BCUT2D eigenvalue weighted by molar-refractivity contribution is 7.99. The van der Waals surface area contributed by atoms with Gasteiger partial charge >= 0.3 is 0 Å². The van der Waals surface area contributed by atoms with Crippen LogP contribution in [0.2, 0.25) is 0 Å². The van der Waals surface area contributed by atoms with E-state index in [0.717, 1.165) is 24.3 Å². The predicted octanol–water partition coefficient (Wildman–Crippen LogP) is 2.76. The van der Waals surface area contributed by atoms with E-state index < -0.39 is 0 Å². The second-order valence-corrected chi connectivity index (χ2v) is 6.68. The van der Waals surface area contributed by atoms with Crippen LogP contribution in [0.5, 0.6) is 0 Å². The van der Waals surface area contributed by atoms with E-state index in [1.54, 1.807) is 0 Å². The molecule has 0 radical (unpaired) electrons. The summed E-state index contributed by atoms with van der Waals surface area (Å²) < 4.78 is 0. The first-order valence-corrected chi connectivity index (χ1v) is 7.95. The summed E-state index contributed by atoms with van der Waals surface area (Å²) in [7, 11) is 0. The van der Waals surface area contributed by atoms with Crippen molar-refractivity contribution in [3.8, 4) is 0 Å². The van der Waals surface area contributed by atoms with Crippen LogP contribution in [-0.2, 0) is 11.2 Å². The maximum absolute atomic E-state index is 12.2. The number of nitrogens with one attached hydrogen (secondary N) is 1. The van der Waals surface area contributed by atoms with Crippen molar-refractivity contribution in [3.05, 3.63) is 35.4 Å². The van der Waals surface area contributed by atoms with E-state index in [-0.39, 0.29) is 23.2 Å². The number of hydrogen-bond donors (Lipinski definition) is 1. The lowest BCUT2D eigenvalue weighted by molar-refractivity contribution is -0.125. The summed E-state index contributed by atoms with van der Waals surface area (Å²) in [5.41, 5.74) is 2.46. The molecular formula is C14H16ClNOS. The lowest BCUT2D eigenvalue weighted by Crippen LogP contribution is -2.36. The van der Waals surface area contributed by atoms with Crippen LogP contribution in [0.15, 0.2) is 24.3 Å². The fourth-order valence-corrected chi connectivity index (χ4v) is 4.31. The van der Waals surface area contributed by atoms with Gasteiger partial charge in [0.25, 0.3) is 0 Å². The van der Waals surface area contributed by atoms with Gasteiger partial charge in [-0.15, -0.1) is 11.6 Å². The number of fused-ring (bicyclic) bond motifs is 1. The molecule has 1 heterocycles. The Labute approximate surface area is 116 Å². The summed E-state index contributed by atoms with van der Waals surface area (Å²) in [6, 6.07) is 8.20. The van der Waals surface area contributed by atoms with E-state index >= 15 is 0 Å². The van der Waals surface area contributed by atoms with Crippen molar-refractivity contribution in [3.63, 3.8) is 0 Å². The van der Waals surface area contributed by atoms with E-state index in [1.807, 2.05) is 23.9 Å². The van der Waals surface area contributed by atoms with Gasteiger partial charge in [-0.1, -0.05) is 24.3 Å². The number of amides is 1. The minimum Gasteiger partial charge on any atom is -0.348 e. The quantitative estimate of drug-likeness (QED) is 0.845. The van der Waals surface area contributed by atoms with Gasteiger partial charge in [0.15, 0.2) is 0 Å². The largest absolute Gasteiger partial charge is 0.348 e. The Balaban J connectivity index is 1.74. The molecule has 2 nitrogen and oxygen atoms in total. The zero-order valence-corrected chi connectivity index (χ0v) is 11.6.